The number of hydrogen-bond donors (Lipinski definition) is 2. The molecule has 0 saturated carbocycles. The Hall–Kier alpha value is -2.15. The molecule has 0 atom stereocenters. The van der Waals surface area contributed by atoms with E-state index in [-0.39, 0.29) is 5.11 Å². The highest BCUT2D eigenvalue weighted by atomic mass is 32.1. The number of oxazole rings is 1. The molecule has 94 valence electrons. The van der Waals surface area contributed by atoms with Crippen LogP contribution in [0.25, 0.3) is 11.1 Å². The minimum absolute atomic E-state index is 0.0763. The summed E-state index contributed by atoms with van der Waals surface area (Å²) < 4.78 is 10.1. The predicted molar refractivity (Wildman–Crippen MR) is 70.5 cm³/mol. The summed E-state index contributed by atoms with van der Waals surface area (Å²) in [4.78, 5) is 15.7. The molecular weight excluding hydrogens is 254 g/mol. The first-order valence-electron chi connectivity index (χ1n) is 5.07. The summed E-state index contributed by atoms with van der Waals surface area (Å²) >= 11 is 4.77. The SMILES string of the molecule is COC(=O)c1cc(NC(N)=S)c2oc(C)nc2c1. The van der Waals surface area contributed by atoms with Crippen molar-refractivity contribution in [3.8, 4) is 0 Å². The number of ether oxygens (including phenoxy) is 1. The van der Waals surface area contributed by atoms with Gasteiger partial charge in [0.1, 0.15) is 5.52 Å². The number of benzene rings is 1. The molecule has 0 aliphatic rings. The van der Waals surface area contributed by atoms with Crippen molar-refractivity contribution in [1.29, 1.82) is 0 Å². The van der Waals surface area contributed by atoms with E-state index in [4.69, 9.17) is 22.4 Å². The molecule has 6 nitrogen and oxygen atoms in total. The number of carbonyl (C=O) groups is 1. The maximum atomic E-state index is 11.5. The molecule has 3 N–H and O–H groups in total. The van der Waals surface area contributed by atoms with Crippen LogP contribution in [0.4, 0.5) is 5.69 Å². The number of anilines is 1. The number of methoxy groups -OCH3 is 1. The molecular formula is C11H11N3O3S. The first kappa shape index (κ1) is 12.3. The van der Waals surface area contributed by atoms with Crippen LogP contribution in [0.15, 0.2) is 16.5 Å². The Morgan fingerprint density at radius 1 is 1.56 bits per heavy atom. The van der Waals surface area contributed by atoms with E-state index < -0.39 is 5.97 Å². The van der Waals surface area contributed by atoms with Gasteiger partial charge in [-0.1, -0.05) is 0 Å². The molecule has 2 aromatic rings. The average Bonchev–Trinajstić information content (AvgIpc) is 2.68. The average molecular weight is 265 g/mol. The van der Waals surface area contributed by atoms with Gasteiger partial charge >= 0.3 is 5.97 Å². The minimum Gasteiger partial charge on any atom is -0.465 e. The van der Waals surface area contributed by atoms with E-state index >= 15 is 0 Å². The molecule has 1 aromatic carbocycles. The molecule has 0 radical (unpaired) electrons. The van der Waals surface area contributed by atoms with Crippen LogP contribution in [0.1, 0.15) is 16.2 Å². The lowest BCUT2D eigenvalue weighted by atomic mass is 10.1. The van der Waals surface area contributed by atoms with Crippen molar-refractivity contribution in [2.45, 2.75) is 6.92 Å². The lowest BCUT2D eigenvalue weighted by Gasteiger charge is -2.06. The van der Waals surface area contributed by atoms with E-state index in [1.54, 1.807) is 19.1 Å². The molecule has 0 bridgehead atoms. The molecule has 0 aliphatic heterocycles. The summed E-state index contributed by atoms with van der Waals surface area (Å²) in [5.74, 6) is 0.0153. The molecule has 0 fully saturated rings. The molecule has 18 heavy (non-hydrogen) atoms. The van der Waals surface area contributed by atoms with Crippen molar-refractivity contribution in [3.63, 3.8) is 0 Å². The molecule has 0 unspecified atom stereocenters. The number of aryl methyl sites for hydroxylation is 1. The fourth-order valence-electron chi connectivity index (χ4n) is 1.61. The van der Waals surface area contributed by atoms with Crippen LogP contribution < -0.4 is 11.1 Å². The maximum absolute atomic E-state index is 11.5. The highest BCUT2D eigenvalue weighted by Gasteiger charge is 2.15. The van der Waals surface area contributed by atoms with Gasteiger partial charge in [0.05, 0.1) is 18.4 Å². The maximum Gasteiger partial charge on any atom is 0.338 e. The number of esters is 1. The summed E-state index contributed by atoms with van der Waals surface area (Å²) in [7, 11) is 1.31. The third-order valence-corrected chi connectivity index (χ3v) is 2.38. The van der Waals surface area contributed by atoms with E-state index in [2.05, 4.69) is 15.0 Å². The van der Waals surface area contributed by atoms with Crippen molar-refractivity contribution in [3.05, 3.63) is 23.6 Å². The Kier molecular flexibility index (Phi) is 3.15. The quantitative estimate of drug-likeness (QED) is 0.629. The summed E-state index contributed by atoms with van der Waals surface area (Å²) in [5.41, 5.74) is 7.28. The number of nitrogens with one attached hydrogen (secondary N) is 1. The smallest absolute Gasteiger partial charge is 0.338 e. The van der Waals surface area contributed by atoms with Crippen LogP contribution in [0.3, 0.4) is 0 Å². The van der Waals surface area contributed by atoms with Crippen LogP contribution in [-0.2, 0) is 4.74 Å². The zero-order valence-electron chi connectivity index (χ0n) is 9.81. The first-order chi connectivity index (χ1) is 8.51. The second-order valence-corrected chi connectivity index (χ2v) is 4.03. The molecule has 0 spiro atoms. The molecule has 7 heteroatoms. The van der Waals surface area contributed by atoms with Gasteiger partial charge in [-0.3, -0.25) is 0 Å². The van der Waals surface area contributed by atoms with E-state index in [1.165, 1.54) is 7.11 Å². The number of aromatic nitrogens is 1. The van der Waals surface area contributed by atoms with E-state index in [1.807, 2.05) is 0 Å². The van der Waals surface area contributed by atoms with Gasteiger partial charge in [-0.2, -0.15) is 0 Å². The minimum atomic E-state index is -0.469. The van der Waals surface area contributed by atoms with Crippen molar-refractivity contribution in [2.24, 2.45) is 5.73 Å². The molecule has 1 aromatic heterocycles. The van der Waals surface area contributed by atoms with Gasteiger partial charge < -0.3 is 20.2 Å². The second kappa shape index (κ2) is 4.61. The van der Waals surface area contributed by atoms with Crippen LogP contribution >= 0.6 is 12.2 Å². The Balaban J connectivity index is 2.63. The number of carbonyl (C=O) groups excluding carboxylic acids is 1. The summed E-state index contributed by atoms with van der Waals surface area (Å²) in [5, 5.41) is 2.82. The molecule has 1 heterocycles. The van der Waals surface area contributed by atoms with E-state index in [0.29, 0.717) is 28.2 Å². The third-order valence-electron chi connectivity index (χ3n) is 2.28. The van der Waals surface area contributed by atoms with Gasteiger partial charge in [-0.05, 0) is 24.4 Å². The van der Waals surface area contributed by atoms with Gasteiger partial charge in [0.15, 0.2) is 16.6 Å². The predicted octanol–water partition coefficient (Wildman–Crippen LogP) is 1.58. The van der Waals surface area contributed by atoms with Crippen LogP contribution in [0.5, 0.6) is 0 Å². The topological polar surface area (TPSA) is 90.4 Å². The molecule has 0 aliphatic carbocycles. The van der Waals surface area contributed by atoms with Crippen molar-refractivity contribution in [2.75, 3.05) is 12.4 Å². The van der Waals surface area contributed by atoms with Crippen molar-refractivity contribution >= 4 is 40.1 Å². The van der Waals surface area contributed by atoms with E-state index in [9.17, 15) is 4.79 Å². The monoisotopic (exact) mass is 265 g/mol. The van der Waals surface area contributed by atoms with E-state index in [0.717, 1.165) is 0 Å². The van der Waals surface area contributed by atoms with Crippen LogP contribution in [0, 0.1) is 6.92 Å². The number of fused-ring (bicyclic) bond motifs is 1. The number of thiocarbonyl (C=S) groups is 1. The van der Waals surface area contributed by atoms with Gasteiger partial charge in [-0.25, -0.2) is 9.78 Å². The largest absolute Gasteiger partial charge is 0.465 e. The van der Waals surface area contributed by atoms with Gasteiger partial charge in [-0.15, -0.1) is 0 Å². The third kappa shape index (κ3) is 2.25. The Morgan fingerprint density at radius 3 is 2.89 bits per heavy atom. The lowest BCUT2D eigenvalue weighted by Crippen LogP contribution is -2.19. The Labute approximate surface area is 108 Å². The molecule has 2 rings (SSSR count). The second-order valence-electron chi connectivity index (χ2n) is 3.59. The number of rotatable bonds is 2. The van der Waals surface area contributed by atoms with Crippen molar-refractivity contribution in [1.82, 2.24) is 4.98 Å². The van der Waals surface area contributed by atoms with Crippen molar-refractivity contribution < 1.29 is 13.9 Å². The van der Waals surface area contributed by atoms with Gasteiger partial charge in [0.25, 0.3) is 0 Å². The Bertz CT molecular complexity index is 636. The van der Waals surface area contributed by atoms with Crippen LogP contribution in [0.2, 0.25) is 0 Å². The van der Waals surface area contributed by atoms with Gasteiger partial charge in [0.2, 0.25) is 0 Å². The number of hydrogen-bond acceptors (Lipinski definition) is 5. The van der Waals surface area contributed by atoms with Gasteiger partial charge in [0, 0.05) is 6.92 Å². The Morgan fingerprint density at radius 2 is 2.28 bits per heavy atom. The number of nitrogens with two attached hydrogens (primary N) is 1. The lowest BCUT2D eigenvalue weighted by molar-refractivity contribution is 0.0601. The van der Waals surface area contributed by atoms with Crippen LogP contribution in [-0.4, -0.2) is 23.2 Å². The standard InChI is InChI=1S/C11H11N3O3S/c1-5-13-7-3-6(10(15)16-2)4-8(9(7)17-5)14-11(12)18/h3-4H,1-2H3,(H3,12,14,18). The highest BCUT2D eigenvalue weighted by molar-refractivity contribution is 7.80. The molecule has 0 amide bonds. The molecule has 0 saturated heterocycles. The zero-order valence-corrected chi connectivity index (χ0v) is 10.6. The summed E-state index contributed by atoms with van der Waals surface area (Å²) in [6, 6.07) is 3.14. The fourth-order valence-corrected chi connectivity index (χ4v) is 1.72. The summed E-state index contributed by atoms with van der Waals surface area (Å²) in [6.07, 6.45) is 0. The first-order valence-corrected chi connectivity index (χ1v) is 5.48. The fraction of sp³-hybridized carbons (Fsp3) is 0.182. The normalized spacial score (nSPS) is 10.3. The number of nitrogens with zero attached hydrogens (tertiary/aromatic N) is 1. The zero-order chi connectivity index (χ0) is 13.3. The summed E-state index contributed by atoms with van der Waals surface area (Å²) in [6.45, 7) is 1.71. The highest BCUT2D eigenvalue weighted by Crippen LogP contribution is 2.26.